The van der Waals surface area contributed by atoms with Crippen LogP contribution in [-0.4, -0.2) is 61.5 Å². The average molecular weight is 281 g/mol. The second-order valence-corrected chi connectivity index (χ2v) is 5.26. The zero-order valence-corrected chi connectivity index (χ0v) is 12.5. The minimum Gasteiger partial charge on any atom is -0.469 e. The number of methoxy groups -OCH3 is 1. The lowest BCUT2D eigenvalue weighted by Gasteiger charge is -2.37. The second-order valence-electron chi connectivity index (χ2n) is 5.26. The van der Waals surface area contributed by atoms with Crippen molar-refractivity contribution in [2.24, 2.45) is 5.41 Å². The van der Waals surface area contributed by atoms with Gasteiger partial charge in [-0.15, -0.1) is 0 Å². The van der Waals surface area contributed by atoms with Gasteiger partial charge in [0, 0.05) is 32.7 Å². The molecule has 20 heavy (non-hydrogen) atoms. The molecule has 1 fully saturated rings. The maximum atomic E-state index is 12.3. The number of ether oxygens (including phenoxy) is 1. The molecule has 0 bridgehead atoms. The second kappa shape index (κ2) is 7.25. The Morgan fingerprint density at radius 1 is 1.30 bits per heavy atom. The predicted molar refractivity (Wildman–Crippen MR) is 73.7 cm³/mol. The fraction of sp³-hybridized carbons (Fsp3) is 0.786. The third-order valence-electron chi connectivity index (χ3n) is 3.95. The number of nitriles is 1. The Morgan fingerprint density at radius 3 is 2.35 bits per heavy atom. The fourth-order valence-electron chi connectivity index (χ4n) is 2.15. The molecule has 0 spiro atoms. The third kappa shape index (κ3) is 3.94. The largest absolute Gasteiger partial charge is 0.469 e. The molecule has 1 rings (SSSR count). The first kappa shape index (κ1) is 16.4. The van der Waals surface area contributed by atoms with Crippen LogP contribution in [0.1, 0.15) is 26.7 Å². The molecule has 0 aliphatic carbocycles. The number of piperazine rings is 1. The summed E-state index contributed by atoms with van der Waals surface area (Å²) in [5.41, 5.74) is -0.922. The molecule has 1 atom stereocenters. The van der Waals surface area contributed by atoms with E-state index in [4.69, 9.17) is 5.26 Å². The van der Waals surface area contributed by atoms with Crippen molar-refractivity contribution in [2.75, 3.05) is 39.8 Å². The molecule has 0 saturated carbocycles. The van der Waals surface area contributed by atoms with Gasteiger partial charge >= 0.3 is 5.97 Å². The molecular formula is C14H23N3O3. The Kier molecular flexibility index (Phi) is 5.96. The molecule has 1 aliphatic rings. The van der Waals surface area contributed by atoms with E-state index in [0.29, 0.717) is 32.5 Å². The molecule has 0 radical (unpaired) electrons. The lowest BCUT2D eigenvalue weighted by molar-refractivity contribution is -0.143. The van der Waals surface area contributed by atoms with Crippen LogP contribution in [0.25, 0.3) is 0 Å². The van der Waals surface area contributed by atoms with Gasteiger partial charge in [-0.05, 0) is 13.3 Å². The van der Waals surface area contributed by atoms with Crippen molar-refractivity contribution in [3.8, 4) is 6.07 Å². The zero-order valence-electron chi connectivity index (χ0n) is 12.5. The number of hydrogen-bond donors (Lipinski definition) is 0. The monoisotopic (exact) mass is 281 g/mol. The number of carbonyl (C=O) groups excluding carboxylic acids is 2. The lowest BCUT2D eigenvalue weighted by atomic mass is 9.87. The molecule has 1 unspecified atom stereocenters. The van der Waals surface area contributed by atoms with Crippen LogP contribution in [0.2, 0.25) is 0 Å². The van der Waals surface area contributed by atoms with Gasteiger partial charge in [-0.25, -0.2) is 0 Å². The third-order valence-corrected chi connectivity index (χ3v) is 3.95. The van der Waals surface area contributed by atoms with Crippen LogP contribution in [0.3, 0.4) is 0 Å². The number of rotatable bonds is 5. The van der Waals surface area contributed by atoms with E-state index in [1.54, 1.807) is 11.8 Å². The molecule has 112 valence electrons. The van der Waals surface area contributed by atoms with Crippen LogP contribution in [0.15, 0.2) is 0 Å². The van der Waals surface area contributed by atoms with Gasteiger partial charge < -0.3 is 9.64 Å². The molecular weight excluding hydrogens is 258 g/mol. The van der Waals surface area contributed by atoms with Crippen molar-refractivity contribution in [3.63, 3.8) is 0 Å². The Labute approximate surface area is 120 Å². The Bertz CT molecular complexity index is 397. The van der Waals surface area contributed by atoms with E-state index in [1.807, 2.05) is 6.92 Å². The summed E-state index contributed by atoms with van der Waals surface area (Å²) in [7, 11) is 1.38. The Balaban J connectivity index is 2.44. The number of amides is 1. The quantitative estimate of drug-likeness (QED) is 0.691. The molecule has 0 aromatic heterocycles. The highest BCUT2D eigenvalue weighted by molar-refractivity contribution is 5.85. The fourth-order valence-corrected chi connectivity index (χ4v) is 2.15. The van der Waals surface area contributed by atoms with Gasteiger partial charge in [-0.3, -0.25) is 14.5 Å². The molecule has 0 aromatic carbocycles. The highest BCUT2D eigenvalue weighted by Crippen LogP contribution is 2.23. The number of nitrogens with zero attached hydrogens (tertiary/aromatic N) is 3. The van der Waals surface area contributed by atoms with Crippen molar-refractivity contribution >= 4 is 11.9 Å². The Morgan fingerprint density at radius 2 is 1.90 bits per heavy atom. The van der Waals surface area contributed by atoms with Gasteiger partial charge in [0.1, 0.15) is 5.41 Å². The standard InChI is InChI=1S/C14H23N3O3/c1-4-14(2,11-15)13(19)17-9-7-16(8-10-17)6-5-12(18)20-3/h4-10H2,1-3H3. The highest BCUT2D eigenvalue weighted by atomic mass is 16.5. The first-order chi connectivity index (χ1) is 9.46. The number of carbonyl (C=O) groups is 2. The first-order valence-corrected chi connectivity index (χ1v) is 6.96. The van der Waals surface area contributed by atoms with Gasteiger partial charge in [0.05, 0.1) is 19.6 Å². The van der Waals surface area contributed by atoms with Crippen LogP contribution in [0.5, 0.6) is 0 Å². The predicted octanol–water partition coefficient (Wildman–Crippen LogP) is 0.634. The summed E-state index contributed by atoms with van der Waals surface area (Å²) >= 11 is 0. The van der Waals surface area contributed by atoms with Gasteiger partial charge in [0.15, 0.2) is 0 Å². The smallest absolute Gasteiger partial charge is 0.306 e. The van der Waals surface area contributed by atoms with Crippen LogP contribution in [0, 0.1) is 16.7 Å². The topological polar surface area (TPSA) is 73.6 Å². The summed E-state index contributed by atoms with van der Waals surface area (Å²) in [5, 5.41) is 9.15. The highest BCUT2D eigenvalue weighted by Gasteiger charge is 2.36. The van der Waals surface area contributed by atoms with Gasteiger partial charge in [-0.1, -0.05) is 6.92 Å². The Hall–Kier alpha value is -1.61. The van der Waals surface area contributed by atoms with Crippen LogP contribution >= 0.6 is 0 Å². The van der Waals surface area contributed by atoms with Gasteiger partial charge in [-0.2, -0.15) is 5.26 Å². The van der Waals surface area contributed by atoms with Crippen LogP contribution in [-0.2, 0) is 14.3 Å². The van der Waals surface area contributed by atoms with Crippen molar-refractivity contribution in [1.29, 1.82) is 5.26 Å². The minimum atomic E-state index is -0.922. The molecule has 1 aliphatic heterocycles. The number of hydrogen-bond acceptors (Lipinski definition) is 5. The molecule has 6 heteroatoms. The first-order valence-electron chi connectivity index (χ1n) is 6.96. The van der Waals surface area contributed by atoms with E-state index in [-0.39, 0.29) is 11.9 Å². The maximum absolute atomic E-state index is 12.3. The van der Waals surface area contributed by atoms with E-state index >= 15 is 0 Å². The summed E-state index contributed by atoms with van der Waals surface area (Å²) in [4.78, 5) is 27.3. The SMILES string of the molecule is CCC(C)(C#N)C(=O)N1CCN(CCC(=O)OC)CC1. The van der Waals surface area contributed by atoms with Gasteiger partial charge in [0.25, 0.3) is 0 Å². The molecule has 0 aromatic rings. The van der Waals surface area contributed by atoms with E-state index in [9.17, 15) is 9.59 Å². The minimum absolute atomic E-state index is 0.0879. The zero-order chi connectivity index (χ0) is 15.2. The van der Waals surface area contributed by atoms with Crippen LogP contribution in [0.4, 0.5) is 0 Å². The van der Waals surface area contributed by atoms with E-state index in [0.717, 1.165) is 13.1 Å². The molecule has 1 amide bonds. The maximum Gasteiger partial charge on any atom is 0.306 e. The summed E-state index contributed by atoms with van der Waals surface area (Å²) in [6, 6.07) is 2.12. The summed E-state index contributed by atoms with van der Waals surface area (Å²) in [6.07, 6.45) is 0.889. The van der Waals surface area contributed by atoms with Crippen molar-refractivity contribution in [3.05, 3.63) is 0 Å². The van der Waals surface area contributed by atoms with Crippen molar-refractivity contribution in [1.82, 2.24) is 9.80 Å². The van der Waals surface area contributed by atoms with Crippen molar-refractivity contribution < 1.29 is 14.3 Å². The van der Waals surface area contributed by atoms with Gasteiger partial charge in [0.2, 0.25) is 5.91 Å². The molecule has 0 N–H and O–H groups in total. The summed E-state index contributed by atoms with van der Waals surface area (Å²) in [5.74, 6) is -0.304. The van der Waals surface area contributed by atoms with Crippen molar-refractivity contribution in [2.45, 2.75) is 26.7 Å². The molecule has 6 nitrogen and oxygen atoms in total. The van der Waals surface area contributed by atoms with Crippen LogP contribution < -0.4 is 0 Å². The number of esters is 1. The van der Waals surface area contributed by atoms with E-state index in [1.165, 1.54) is 7.11 Å². The summed E-state index contributed by atoms with van der Waals surface area (Å²) < 4.78 is 4.61. The molecule has 1 heterocycles. The van der Waals surface area contributed by atoms with E-state index in [2.05, 4.69) is 15.7 Å². The lowest BCUT2D eigenvalue weighted by Crippen LogP contribution is -2.52. The average Bonchev–Trinajstić information content (AvgIpc) is 2.51. The molecule has 1 saturated heterocycles. The van der Waals surface area contributed by atoms with E-state index < -0.39 is 5.41 Å². The normalized spacial score (nSPS) is 19.0. The summed E-state index contributed by atoms with van der Waals surface area (Å²) in [6.45, 7) is 6.88.